The lowest BCUT2D eigenvalue weighted by Gasteiger charge is -2.22. The molecule has 96 valence electrons. The summed E-state index contributed by atoms with van der Waals surface area (Å²) in [6.07, 6.45) is 0.480. The van der Waals surface area contributed by atoms with Crippen molar-refractivity contribution in [1.82, 2.24) is 0 Å². The van der Waals surface area contributed by atoms with E-state index in [0.717, 1.165) is 11.1 Å². The van der Waals surface area contributed by atoms with Crippen molar-refractivity contribution in [3.05, 3.63) is 28.3 Å². The standard InChI is InChI=1S/C13H14ClNO3/c1-3-7-4-8(14)5-9-11(7)13(2,6-10(16)17)12(18)15-9/h4-5H,3,6H2,1-2H3,(H,15,18)(H,16,17). The number of carbonyl (C=O) groups is 2. The van der Waals surface area contributed by atoms with Gasteiger partial charge < -0.3 is 10.4 Å². The Morgan fingerprint density at radius 2 is 2.17 bits per heavy atom. The molecule has 0 aliphatic carbocycles. The van der Waals surface area contributed by atoms with Gasteiger partial charge in [0.15, 0.2) is 0 Å². The molecule has 0 spiro atoms. The Balaban J connectivity index is 2.63. The van der Waals surface area contributed by atoms with E-state index < -0.39 is 11.4 Å². The molecule has 1 aliphatic rings. The molecule has 2 rings (SSSR count). The number of hydrogen-bond acceptors (Lipinski definition) is 2. The van der Waals surface area contributed by atoms with Crippen LogP contribution in [-0.2, 0) is 21.4 Å². The molecular formula is C13H14ClNO3. The summed E-state index contributed by atoms with van der Waals surface area (Å²) < 4.78 is 0. The van der Waals surface area contributed by atoms with Crippen LogP contribution in [0.4, 0.5) is 5.69 Å². The first-order chi connectivity index (χ1) is 8.38. The van der Waals surface area contributed by atoms with E-state index in [0.29, 0.717) is 17.1 Å². The molecule has 1 atom stereocenters. The first-order valence-corrected chi connectivity index (χ1v) is 6.12. The summed E-state index contributed by atoms with van der Waals surface area (Å²) in [6, 6.07) is 3.46. The lowest BCUT2D eigenvalue weighted by molar-refractivity contribution is -0.140. The van der Waals surface area contributed by atoms with Crippen LogP contribution in [0, 0.1) is 0 Å². The van der Waals surface area contributed by atoms with Gasteiger partial charge in [0.05, 0.1) is 11.8 Å². The van der Waals surface area contributed by atoms with Crippen LogP contribution in [-0.4, -0.2) is 17.0 Å². The van der Waals surface area contributed by atoms with Gasteiger partial charge >= 0.3 is 5.97 Å². The monoisotopic (exact) mass is 267 g/mol. The van der Waals surface area contributed by atoms with Crippen LogP contribution in [0.2, 0.25) is 5.02 Å². The van der Waals surface area contributed by atoms with Crippen molar-refractivity contribution < 1.29 is 14.7 Å². The Labute approximate surface area is 110 Å². The zero-order chi connectivity index (χ0) is 13.5. The third-order valence-electron chi connectivity index (χ3n) is 3.37. The van der Waals surface area contributed by atoms with Crippen LogP contribution in [0.1, 0.15) is 31.4 Å². The molecule has 2 N–H and O–H groups in total. The summed E-state index contributed by atoms with van der Waals surface area (Å²) in [5.41, 5.74) is 1.30. The number of carboxylic acids is 1. The second-order valence-corrected chi connectivity index (χ2v) is 5.13. The van der Waals surface area contributed by atoms with Crippen molar-refractivity contribution in [1.29, 1.82) is 0 Å². The molecule has 1 amide bonds. The second-order valence-electron chi connectivity index (χ2n) is 4.70. The van der Waals surface area contributed by atoms with E-state index in [1.54, 1.807) is 19.1 Å². The van der Waals surface area contributed by atoms with E-state index in [9.17, 15) is 9.59 Å². The Bertz CT molecular complexity index is 541. The highest BCUT2D eigenvalue weighted by molar-refractivity contribution is 6.31. The fraction of sp³-hybridized carbons (Fsp3) is 0.385. The number of benzene rings is 1. The molecule has 0 saturated carbocycles. The first-order valence-electron chi connectivity index (χ1n) is 5.74. The van der Waals surface area contributed by atoms with Gasteiger partial charge in [-0.25, -0.2) is 0 Å². The summed E-state index contributed by atoms with van der Waals surface area (Å²) in [7, 11) is 0. The Kier molecular flexibility index (Phi) is 3.07. The number of aliphatic carboxylic acids is 1. The van der Waals surface area contributed by atoms with Gasteiger partial charge in [-0.15, -0.1) is 0 Å². The quantitative estimate of drug-likeness (QED) is 0.885. The average Bonchev–Trinajstić information content (AvgIpc) is 2.48. The number of rotatable bonds is 3. The highest BCUT2D eigenvalue weighted by atomic mass is 35.5. The number of fused-ring (bicyclic) bond motifs is 1. The fourth-order valence-corrected chi connectivity index (χ4v) is 2.78. The molecule has 0 saturated heterocycles. The van der Waals surface area contributed by atoms with Crippen LogP contribution in [0.3, 0.4) is 0 Å². The maximum absolute atomic E-state index is 12.1. The predicted octanol–water partition coefficient (Wildman–Crippen LogP) is 2.59. The van der Waals surface area contributed by atoms with Crippen LogP contribution in [0.5, 0.6) is 0 Å². The number of aryl methyl sites for hydroxylation is 1. The molecule has 0 aromatic heterocycles. The van der Waals surface area contributed by atoms with E-state index in [1.807, 2.05) is 6.92 Å². The van der Waals surface area contributed by atoms with Crippen molar-refractivity contribution in [3.63, 3.8) is 0 Å². The molecule has 0 radical (unpaired) electrons. The minimum absolute atomic E-state index is 0.222. The Morgan fingerprint density at radius 1 is 1.50 bits per heavy atom. The zero-order valence-corrected chi connectivity index (χ0v) is 11.0. The summed E-state index contributed by atoms with van der Waals surface area (Å²) in [6.45, 7) is 3.62. The predicted molar refractivity (Wildman–Crippen MR) is 69.1 cm³/mol. The topological polar surface area (TPSA) is 66.4 Å². The smallest absolute Gasteiger partial charge is 0.304 e. The van der Waals surface area contributed by atoms with Crippen LogP contribution in [0.15, 0.2) is 12.1 Å². The van der Waals surface area contributed by atoms with E-state index in [-0.39, 0.29) is 12.3 Å². The number of anilines is 1. The first kappa shape index (κ1) is 12.9. The minimum Gasteiger partial charge on any atom is -0.481 e. The lowest BCUT2D eigenvalue weighted by Crippen LogP contribution is -2.34. The minimum atomic E-state index is -1.02. The maximum Gasteiger partial charge on any atom is 0.304 e. The van der Waals surface area contributed by atoms with Gasteiger partial charge in [-0.05, 0) is 36.6 Å². The Morgan fingerprint density at radius 3 is 2.72 bits per heavy atom. The van der Waals surface area contributed by atoms with E-state index in [4.69, 9.17) is 16.7 Å². The highest BCUT2D eigenvalue weighted by Gasteiger charge is 2.45. The summed E-state index contributed by atoms with van der Waals surface area (Å²) in [5, 5.41) is 12.3. The number of nitrogens with one attached hydrogen (secondary N) is 1. The summed E-state index contributed by atoms with van der Waals surface area (Å²) in [4.78, 5) is 23.0. The number of carboxylic acid groups (broad SMARTS) is 1. The second kappa shape index (κ2) is 4.28. The number of halogens is 1. The number of carbonyl (C=O) groups excluding carboxylic acids is 1. The van der Waals surface area contributed by atoms with Crippen molar-refractivity contribution in [2.75, 3.05) is 5.32 Å². The van der Waals surface area contributed by atoms with Gasteiger partial charge in [-0.2, -0.15) is 0 Å². The van der Waals surface area contributed by atoms with Gasteiger partial charge in [0.2, 0.25) is 5.91 Å². The van der Waals surface area contributed by atoms with Crippen molar-refractivity contribution >= 4 is 29.2 Å². The third-order valence-corrected chi connectivity index (χ3v) is 3.59. The zero-order valence-electron chi connectivity index (χ0n) is 10.2. The Hall–Kier alpha value is -1.55. The molecule has 0 fully saturated rings. The lowest BCUT2D eigenvalue weighted by atomic mass is 9.78. The normalized spacial score (nSPS) is 21.6. The molecule has 5 heteroatoms. The molecule has 1 aliphatic heterocycles. The van der Waals surface area contributed by atoms with Gasteiger partial charge in [-0.1, -0.05) is 18.5 Å². The summed E-state index contributed by atoms with van der Waals surface area (Å²) >= 11 is 5.99. The highest BCUT2D eigenvalue weighted by Crippen LogP contribution is 2.43. The van der Waals surface area contributed by atoms with Crippen LogP contribution in [0.25, 0.3) is 0 Å². The van der Waals surface area contributed by atoms with Gasteiger partial charge in [0.1, 0.15) is 0 Å². The molecule has 1 aromatic carbocycles. The van der Waals surface area contributed by atoms with Crippen molar-refractivity contribution in [2.24, 2.45) is 0 Å². The largest absolute Gasteiger partial charge is 0.481 e. The third kappa shape index (κ3) is 1.86. The molecule has 4 nitrogen and oxygen atoms in total. The number of hydrogen-bond donors (Lipinski definition) is 2. The van der Waals surface area contributed by atoms with Gasteiger partial charge in [0, 0.05) is 10.7 Å². The fourth-order valence-electron chi connectivity index (χ4n) is 2.54. The van der Waals surface area contributed by atoms with Crippen LogP contribution < -0.4 is 5.32 Å². The van der Waals surface area contributed by atoms with Crippen LogP contribution >= 0.6 is 11.6 Å². The molecule has 1 unspecified atom stereocenters. The molecule has 18 heavy (non-hydrogen) atoms. The van der Waals surface area contributed by atoms with Gasteiger partial charge in [0.25, 0.3) is 0 Å². The molecule has 0 bridgehead atoms. The van der Waals surface area contributed by atoms with E-state index >= 15 is 0 Å². The van der Waals surface area contributed by atoms with Gasteiger partial charge in [-0.3, -0.25) is 9.59 Å². The van der Waals surface area contributed by atoms with E-state index in [2.05, 4.69) is 5.32 Å². The maximum atomic E-state index is 12.1. The molecule has 1 aromatic rings. The van der Waals surface area contributed by atoms with E-state index in [1.165, 1.54) is 0 Å². The summed E-state index contributed by atoms with van der Waals surface area (Å²) in [5.74, 6) is -1.27. The molecular weight excluding hydrogens is 254 g/mol. The number of amides is 1. The molecule has 1 heterocycles. The SMILES string of the molecule is CCc1cc(Cl)cc2c1C(C)(CC(=O)O)C(=O)N2. The van der Waals surface area contributed by atoms with Crippen molar-refractivity contribution in [3.8, 4) is 0 Å². The average molecular weight is 268 g/mol. The van der Waals surface area contributed by atoms with Crippen molar-refractivity contribution in [2.45, 2.75) is 32.1 Å².